The van der Waals surface area contributed by atoms with Gasteiger partial charge in [-0.2, -0.15) is 5.10 Å². The van der Waals surface area contributed by atoms with Crippen molar-refractivity contribution < 1.29 is 9.53 Å². The van der Waals surface area contributed by atoms with E-state index in [0.717, 1.165) is 18.9 Å². The molecule has 0 N–H and O–H groups in total. The van der Waals surface area contributed by atoms with E-state index < -0.39 is 0 Å². The summed E-state index contributed by atoms with van der Waals surface area (Å²) in [5, 5.41) is 4.21. The average Bonchev–Trinajstić information content (AvgIpc) is 2.86. The number of ether oxygens (including phenoxy) is 1. The Bertz CT molecular complexity index is 395. The average molecular weight is 251 g/mol. The molecule has 100 valence electrons. The van der Waals surface area contributed by atoms with Gasteiger partial charge in [0.2, 0.25) is 0 Å². The molecule has 1 saturated heterocycles. The van der Waals surface area contributed by atoms with E-state index in [2.05, 4.69) is 21.8 Å². The number of piperidine rings is 1. The van der Waals surface area contributed by atoms with E-state index in [0.29, 0.717) is 5.69 Å². The number of aryl methyl sites for hydroxylation is 1. The van der Waals surface area contributed by atoms with Crippen LogP contribution >= 0.6 is 0 Å². The van der Waals surface area contributed by atoms with Crippen molar-refractivity contribution in [2.45, 2.75) is 25.8 Å². The van der Waals surface area contributed by atoms with Gasteiger partial charge in [0, 0.05) is 12.7 Å². The monoisotopic (exact) mass is 251 g/mol. The lowest BCUT2D eigenvalue weighted by molar-refractivity contribution is 0.0593. The Balaban J connectivity index is 1.79. The second kappa shape index (κ2) is 6.00. The van der Waals surface area contributed by atoms with Crippen LogP contribution in [0, 0.1) is 5.92 Å². The smallest absolute Gasteiger partial charge is 0.358 e. The Labute approximate surface area is 108 Å². The largest absolute Gasteiger partial charge is 0.464 e. The van der Waals surface area contributed by atoms with Crippen LogP contribution in [0.25, 0.3) is 0 Å². The number of nitrogens with zero attached hydrogens (tertiary/aromatic N) is 3. The van der Waals surface area contributed by atoms with Gasteiger partial charge in [-0.05, 0) is 51.4 Å². The summed E-state index contributed by atoms with van der Waals surface area (Å²) < 4.78 is 6.47. The minimum atomic E-state index is -0.368. The van der Waals surface area contributed by atoms with Crippen molar-refractivity contribution in [2.24, 2.45) is 5.92 Å². The van der Waals surface area contributed by atoms with Gasteiger partial charge in [0.1, 0.15) is 0 Å². The van der Waals surface area contributed by atoms with Crippen LogP contribution in [0.1, 0.15) is 29.8 Å². The van der Waals surface area contributed by atoms with Gasteiger partial charge in [-0.25, -0.2) is 4.79 Å². The molecule has 18 heavy (non-hydrogen) atoms. The molecule has 0 bridgehead atoms. The Morgan fingerprint density at radius 3 is 2.89 bits per heavy atom. The maximum atomic E-state index is 11.3. The molecule has 1 aliphatic heterocycles. The van der Waals surface area contributed by atoms with Gasteiger partial charge in [0.15, 0.2) is 5.69 Å². The fraction of sp³-hybridized carbons (Fsp3) is 0.692. The highest BCUT2D eigenvalue weighted by molar-refractivity contribution is 5.86. The number of aromatic nitrogens is 2. The Kier molecular flexibility index (Phi) is 4.36. The summed E-state index contributed by atoms with van der Waals surface area (Å²) in [6, 6.07) is 1.71. The van der Waals surface area contributed by atoms with Gasteiger partial charge in [0.05, 0.1) is 7.11 Å². The van der Waals surface area contributed by atoms with Crippen LogP contribution in [-0.4, -0.2) is 47.9 Å². The molecule has 0 spiro atoms. The van der Waals surface area contributed by atoms with Crippen molar-refractivity contribution in [3.63, 3.8) is 0 Å². The molecule has 2 heterocycles. The van der Waals surface area contributed by atoms with E-state index in [1.807, 2.05) is 10.9 Å². The first-order valence-electron chi connectivity index (χ1n) is 6.49. The van der Waals surface area contributed by atoms with Gasteiger partial charge < -0.3 is 9.64 Å². The summed E-state index contributed by atoms with van der Waals surface area (Å²) >= 11 is 0. The molecule has 1 aliphatic rings. The second-order valence-electron chi connectivity index (χ2n) is 4.99. The molecule has 0 atom stereocenters. The molecule has 0 unspecified atom stereocenters. The molecule has 1 aromatic rings. The molecule has 0 aromatic carbocycles. The van der Waals surface area contributed by atoms with Crippen LogP contribution < -0.4 is 0 Å². The van der Waals surface area contributed by atoms with Crippen LogP contribution in [0.2, 0.25) is 0 Å². The van der Waals surface area contributed by atoms with Crippen LogP contribution in [0.5, 0.6) is 0 Å². The molecule has 0 radical (unpaired) electrons. The maximum absolute atomic E-state index is 11.3. The molecule has 5 nitrogen and oxygen atoms in total. The Morgan fingerprint density at radius 1 is 1.50 bits per heavy atom. The number of esters is 1. The van der Waals surface area contributed by atoms with Gasteiger partial charge >= 0.3 is 5.97 Å². The zero-order chi connectivity index (χ0) is 13.0. The third-order valence-electron chi connectivity index (χ3n) is 3.64. The van der Waals surface area contributed by atoms with Gasteiger partial charge in [-0.15, -0.1) is 0 Å². The summed E-state index contributed by atoms with van der Waals surface area (Å²) in [5.74, 6) is 0.417. The van der Waals surface area contributed by atoms with E-state index >= 15 is 0 Å². The fourth-order valence-corrected chi connectivity index (χ4v) is 2.37. The summed E-state index contributed by atoms with van der Waals surface area (Å²) in [7, 11) is 3.55. The number of rotatable bonds is 4. The lowest BCUT2D eigenvalue weighted by atomic mass is 9.94. The highest BCUT2D eigenvalue weighted by atomic mass is 16.5. The van der Waals surface area contributed by atoms with Crippen LogP contribution in [0.15, 0.2) is 12.3 Å². The highest BCUT2D eigenvalue weighted by Gasteiger charge is 2.16. The quantitative estimate of drug-likeness (QED) is 0.759. The van der Waals surface area contributed by atoms with Gasteiger partial charge in [-0.1, -0.05) is 0 Å². The molecule has 0 aliphatic carbocycles. The van der Waals surface area contributed by atoms with Gasteiger partial charge in [-0.3, -0.25) is 4.68 Å². The molecular formula is C13H21N3O2. The molecular weight excluding hydrogens is 230 g/mol. The molecule has 1 fully saturated rings. The van der Waals surface area contributed by atoms with E-state index in [1.165, 1.54) is 33.0 Å². The topological polar surface area (TPSA) is 47.4 Å². The minimum absolute atomic E-state index is 0.368. The first kappa shape index (κ1) is 13.1. The molecule has 0 saturated carbocycles. The van der Waals surface area contributed by atoms with E-state index in [4.69, 9.17) is 0 Å². The SMILES string of the molecule is COC(=O)c1ccn(CCC2CCN(C)CC2)n1. The predicted molar refractivity (Wildman–Crippen MR) is 68.4 cm³/mol. The fourth-order valence-electron chi connectivity index (χ4n) is 2.37. The summed E-state index contributed by atoms with van der Waals surface area (Å²) in [4.78, 5) is 13.6. The zero-order valence-corrected chi connectivity index (χ0v) is 11.1. The normalized spacial score (nSPS) is 17.9. The van der Waals surface area contributed by atoms with Crippen LogP contribution in [0.3, 0.4) is 0 Å². The van der Waals surface area contributed by atoms with Crippen molar-refractivity contribution in [3.05, 3.63) is 18.0 Å². The summed E-state index contributed by atoms with van der Waals surface area (Å²) in [6.45, 7) is 3.26. The van der Waals surface area contributed by atoms with Crippen molar-refractivity contribution in [1.29, 1.82) is 0 Å². The minimum Gasteiger partial charge on any atom is -0.464 e. The number of likely N-dealkylation sites (tertiary alicyclic amines) is 1. The second-order valence-corrected chi connectivity index (χ2v) is 4.99. The van der Waals surface area contributed by atoms with Gasteiger partial charge in [0.25, 0.3) is 0 Å². The molecule has 0 amide bonds. The highest BCUT2D eigenvalue weighted by Crippen LogP contribution is 2.19. The van der Waals surface area contributed by atoms with E-state index in [9.17, 15) is 4.79 Å². The summed E-state index contributed by atoms with van der Waals surface area (Å²) in [5.41, 5.74) is 0.390. The Morgan fingerprint density at radius 2 is 2.22 bits per heavy atom. The van der Waals surface area contributed by atoms with Crippen molar-refractivity contribution in [3.8, 4) is 0 Å². The lowest BCUT2D eigenvalue weighted by Crippen LogP contribution is -2.30. The zero-order valence-electron chi connectivity index (χ0n) is 11.1. The number of carbonyl (C=O) groups is 1. The standard InChI is InChI=1S/C13H21N3O2/c1-15-7-3-11(4-8-15)5-9-16-10-6-12(14-16)13(17)18-2/h6,10-11H,3-5,7-9H2,1-2H3. The first-order valence-corrected chi connectivity index (χ1v) is 6.49. The lowest BCUT2D eigenvalue weighted by Gasteiger charge is -2.28. The van der Waals surface area contributed by atoms with E-state index in [-0.39, 0.29) is 5.97 Å². The first-order chi connectivity index (χ1) is 8.69. The third kappa shape index (κ3) is 3.32. The van der Waals surface area contributed by atoms with Crippen LogP contribution in [-0.2, 0) is 11.3 Å². The number of carbonyl (C=O) groups excluding carboxylic acids is 1. The van der Waals surface area contributed by atoms with E-state index in [1.54, 1.807) is 6.07 Å². The van der Waals surface area contributed by atoms with Crippen molar-refractivity contribution in [2.75, 3.05) is 27.2 Å². The number of hydrogen-bond acceptors (Lipinski definition) is 4. The maximum Gasteiger partial charge on any atom is 0.358 e. The third-order valence-corrected chi connectivity index (χ3v) is 3.64. The van der Waals surface area contributed by atoms with Crippen molar-refractivity contribution >= 4 is 5.97 Å². The van der Waals surface area contributed by atoms with Crippen molar-refractivity contribution in [1.82, 2.24) is 14.7 Å². The van der Waals surface area contributed by atoms with Crippen LogP contribution in [0.4, 0.5) is 0 Å². The molecule has 1 aromatic heterocycles. The number of methoxy groups -OCH3 is 1. The predicted octanol–water partition coefficient (Wildman–Crippen LogP) is 1.40. The summed E-state index contributed by atoms with van der Waals surface area (Å²) in [6.07, 6.45) is 5.51. The molecule has 2 rings (SSSR count). The number of hydrogen-bond donors (Lipinski definition) is 0. The Hall–Kier alpha value is -1.36. The molecule has 5 heteroatoms.